The van der Waals surface area contributed by atoms with Gasteiger partial charge in [-0.15, -0.1) is 0 Å². The van der Waals surface area contributed by atoms with E-state index in [2.05, 4.69) is 171 Å². The average molecular weight is 576 g/mol. The molecule has 0 saturated carbocycles. The molecule has 0 atom stereocenters. The van der Waals surface area contributed by atoms with E-state index >= 15 is 0 Å². The molecule has 0 N–H and O–H groups in total. The number of para-hydroxylation sites is 2. The third-order valence-electron chi connectivity index (χ3n) is 9.66. The van der Waals surface area contributed by atoms with Crippen molar-refractivity contribution in [1.29, 1.82) is 0 Å². The summed E-state index contributed by atoms with van der Waals surface area (Å²) in [7, 11) is 0. The molecule has 0 spiro atoms. The van der Waals surface area contributed by atoms with Crippen molar-refractivity contribution >= 4 is 54.1 Å². The van der Waals surface area contributed by atoms with E-state index in [1.165, 1.54) is 87.6 Å². The third kappa shape index (κ3) is 3.94. The molecule has 0 aliphatic carbocycles. The maximum atomic E-state index is 2.42. The summed E-state index contributed by atoms with van der Waals surface area (Å²) in [5, 5.41) is 10.5. The number of nitrogens with zero attached hydrogens (tertiary/aromatic N) is 1. The second-order valence-electron chi connectivity index (χ2n) is 13.4. The van der Waals surface area contributed by atoms with Crippen LogP contribution in [-0.2, 0) is 5.41 Å². The first-order valence-corrected chi connectivity index (χ1v) is 15.9. The van der Waals surface area contributed by atoms with Gasteiger partial charge in [0.05, 0.1) is 11.0 Å². The third-order valence-corrected chi connectivity index (χ3v) is 9.66. The normalized spacial score (nSPS) is 12.3. The highest BCUT2D eigenvalue weighted by Gasteiger charge is 2.20. The van der Waals surface area contributed by atoms with Crippen molar-refractivity contribution in [3.05, 3.63) is 151 Å². The first kappa shape index (κ1) is 26.0. The molecule has 0 aliphatic rings. The summed E-state index contributed by atoms with van der Waals surface area (Å²) in [6.45, 7) is 6.90. The van der Waals surface area contributed by atoms with Crippen LogP contribution in [0, 0.1) is 0 Å². The van der Waals surface area contributed by atoms with Gasteiger partial charge < -0.3 is 4.57 Å². The van der Waals surface area contributed by atoms with E-state index in [4.69, 9.17) is 0 Å². The number of fused-ring (bicyclic) bond motifs is 3. The fourth-order valence-corrected chi connectivity index (χ4v) is 7.46. The lowest BCUT2D eigenvalue weighted by molar-refractivity contribution is 0.591. The van der Waals surface area contributed by atoms with E-state index < -0.39 is 0 Å². The smallest absolute Gasteiger partial charge is 0.0541 e. The van der Waals surface area contributed by atoms with Gasteiger partial charge in [0.15, 0.2) is 0 Å². The number of rotatable bonds is 3. The molecule has 0 radical (unpaired) electrons. The fourth-order valence-electron chi connectivity index (χ4n) is 7.46. The monoisotopic (exact) mass is 575 g/mol. The molecule has 1 nitrogen and oxygen atoms in total. The molecule has 214 valence electrons. The molecule has 8 aromatic carbocycles. The van der Waals surface area contributed by atoms with E-state index in [1.807, 2.05) is 0 Å². The van der Waals surface area contributed by atoms with Crippen molar-refractivity contribution in [1.82, 2.24) is 4.57 Å². The Morgan fingerprint density at radius 1 is 0.422 bits per heavy atom. The largest absolute Gasteiger partial charge is 0.309 e. The van der Waals surface area contributed by atoms with Crippen molar-refractivity contribution < 1.29 is 0 Å². The Balaban J connectivity index is 1.36. The first-order chi connectivity index (χ1) is 22.0. The Morgan fingerprint density at radius 2 is 0.978 bits per heavy atom. The SMILES string of the molecule is CC(C)(C)c1cc2ccc3c(-c4ccccc4)cc(-c4cccc(-n5c6ccccc6c6ccccc65)c4)c4ccc(c1)c2c34. The van der Waals surface area contributed by atoms with Crippen molar-refractivity contribution in [2.75, 3.05) is 0 Å². The molecule has 1 heterocycles. The molecular weight excluding hydrogens is 542 g/mol. The molecule has 0 amide bonds. The van der Waals surface area contributed by atoms with Crippen LogP contribution in [0.25, 0.3) is 82.1 Å². The molecule has 0 aliphatic heterocycles. The zero-order chi connectivity index (χ0) is 30.3. The lowest BCUT2D eigenvalue weighted by atomic mass is 9.81. The summed E-state index contributed by atoms with van der Waals surface area (Å²) in [5.41, 5.74) is 10.1. The minimum atomic E-state index is 0.0814. The number of benzene rings is 8. The van der Waals surface area contributed by atoms with Gasteiger partial charge in [0.25, 0.3) is 0 Å². The van der Waals surface area contributed by atoms with Crippen LogP contribution in [0.1, 0.15) is 26.3 Å². The number of hydrogen-bond acceptors (Lipinski definition) is 0. The van der Waals surface area contributed by atoms with Gasteiger partial charge in [-0.1, -0.05) is 136 Å². The highest BCUT2D eigenvalue weighted by molar-refractivity contribution is 6.28. The van der Waals surface area contributed by atoms with Crippen LogP contribution in [0.2, 0.25) is 0 Å². The Hall–Kier alpha value is -5.40. The second kappa shape index (κ2) is 9.55. The minimum Gasteiger partial charge on any atom is -0.309 e. The van der Waals surface area contributed by atoms with Gasteiger partial charge in [-0.05, 0) is 95.9 Å². The van der Waals surface area contributed by atoms with Gasteiger partial charge in [-0.25, -0.2) is 0 Å². The fraction of sp³-hybridized carbons (Fsp3) is 0.0909. The van der Waals surface area contributed by atoms with Crippen LogP contribution in [0.5, 0.6) is 0 Å². The van der Waals surface area contributed by atoms with Gasteiger partial charge >= 0.3 is 0 Å². The van der Waals surface area contributed by atoms with E-state index in [-0.39, 0.29) is 5.41 Å². The Bertz CT molecular complexity index is 2490. The Labute approximate surface area is 263 Å². The number of hydrogen-bond donors (Lipinski definition) is 0. The van der Waals surface area contributed by atoms with Crippen molar-refractivity contribution in [3.63, 3.8) is 0 Å². The van der Waals surface area contributed by atoms with Crippen LogP contribution in [0.4, 0.5) is 0 Å². The molecule has 1 heteroatoms. The zero-order valence-corrected chi connectivity index (χ0v) is 25.8. The molecular formula is C44H33N. The Kier molecular flexibility index (Phi) is 5.53. The van der Waals surface area contributed by atoms with Gasteiger partial charge in [-0.3, -0.25) is 0 Å². The molecule has 0 saturated heterocycles. The zero-order valence-electron chi connectivity index (χ0n) is 25.8. The van der Waals surface area contributed by atoms with Crippen LogP contribution >= 0.6 is 0 Å². The van der Waals surface area contributed by atoms with Gasteiger partial charge in [0.1, 0.15) is 0 Å². The molecule has 9 aromatic rings. The van der Waals surface area contributed by atoms with Gasteiger partial charge in [0.2, 0.25) is 0 Å². The highest BCUT2D eigenvalue weighted by Crippen LogP contribution is 2.45. The molecule has 0 unspecified atom stereocenters. The topological polar surface area (TPSA) is 4.93 Å². The maximum Gasteiger partial charge on any atom is 0.0541 e. The number of aromatic nitrogens is 1. The lowest BCUT2D eigenvalue weighted by Crippen LogP contribution is -2.10. The summed E-state index contributed by atoms with van der Waals surface area (Å²) in [6.07, 6.45) is 0. The Morgan fingerprint density at radius 3 is 1.60 bits per heavy atom. The maximum absolute atomic E-state index is 2.42. The minimum absolute atomic E-state index is 0.0814. The second-order valence-corrected chi connectivity index (χ2v) is 13.4. The molecule has 9 rings (SSSR count). The van der Waals surface area contributed by atoms with Crippen LogP contribution < -0.4 is 0 Å². The summed E-state index contributed by atoms with van der Waals surface area (Å²) in [4.78, 5) is 0. The summed E-state index contributed by atoms with van der Waals surface area (Å²) in [5.74, 6) is 0. The summed E-state index contributed by atoms with van der Waals surface area (Å²) in [6, 6.07) is 54.0. The van der Waals surface area contributed by atoms with E-state index in [1.54, 1.807) is 0 Å². The predicted octanol–water partition coefficient (Wildman–Crippen LogP) is 12.3. The lowest BCUT2D eigenvalue weighted by Gasteiger charge is -2.23. The standard InChI is InChI=1S/C44H33N/c1-44(2,3)32-24-30-20-22-36-38(28-12-5-4-6-13-28)27-39(37-23-21-31(25-32)42(30)43(36)37)29-14-11-15-33(26-29)45-40-18-9-7-16-34(40)35-17-8-10-19-41(35)45/h4-27H,1-3H3. The summed E-state index contributed by atoms with van der Waals surface area (Å²) < 4.78 is 2.41. The first-order valence-electron chi connectivity index (χ1n) is 15.9. The average Bonchev–Trinajstić information content (AvgIpc) is 3.41. The summed E-state index contributed by atoms with van der Waals surface area (Å²) >= 11 is 0. The molecule has 0 bridgehead atoms. The molecule has 0 fully saturated rings. The molecule has 45 heavy (non-hydrogen) atoms. The van der Waals surface area contributed by atoms with Crippen molar-refractivity contribution in [2.24, 2.45) is 0 Å². The van der Waals surface area contributed by atoms with Gasteiger partial charge in [-0.2, -0.15) is 0 Å². The predicted molar refractivity (Wildman–Crippen MR) is 194 cm³/mol. The van der Waals surface area contributed by atoms with Crippen LogP contribution in [0.3, 0.4) is 0 Å². The van der Waals surface area contributed by atoms with Gasteiger partial charge in [0, 0.05) is 16.5 Å². The highest BCUT2D eigenvalue weighted by atomic mass is 15.0. The van der Waals surface area contributed by atoms with E-state index in [9.17, 15) is 0 Å². The molecule has 1 aromatic heterocycles. The van der Waals surface area contributed by atoms with Crippen LogP contribution in [0.15, 0.2) is 146 Å². The van der Waals surface area contributed by atoms with E-state index in [0.29, 0.717) is 0 Å². The van der Waals surface area contributed by atoms with Crippen molar-refractivity contribution in [3.8, 4) is 27.9 Å². The van der Waals surface area contributed by atoms with Crippen molar-refractivity contribution in [2.45, 2.75) is 26.2 Å². The van der Waals surface area contributed by atoms with E-state index in [0.717, 1.165) is 0 Å². The quantitative estimate of drug-likeness (QED) is 0.185. The van der Waals surface area contributed by atoms with Crippen LogP contribution in [-0.4, -0.2) is 4.57 Å².